The molecule has 2 aromatic rings. The Hall–Kier alpha value is -3.89. The van der Waals surface area contributed by atoms with E-state index in [-0.39, 0.29) is 30.6 Å². The third kappa shape index (κ3) is 5.34. The largest absolute Gasteiger partial charge is 0.492 e. The van der Waals surface area contributed by atoms with Gasteiger partial charge in [-0.05, 0) is 24.3 Å². The summed E-state index contributed by atoms with van der Waals surface area (Å²) >= 11 is 0. The molecular formula is C19H20N4O7. The van der Waals surface area contributed by atoms with Gasteiger partial charge in [-0.15, -0.1) is 0 Å². The van der Waals surface area contributed by atoms with Gasteiger partial charge in [-0.25, -0.2) is 4.79 Å². The average Bonchev–Trinajstić information content (AvgIpc) is 3.08. The first-order valence-electron chi connectivity index (χ1n) is 9.22. The fraction of sp³-hybridized carbons (Fsp3) is 0.316. The number of carbonyl (C=O) groups excluding carboxylic acids is 1. The van der Waals surface area contributed by atoms with Crippen molar-refractivity contribution in [3.63, 3.8) is 0 Å². The van der Waals surface area contributed by atoms with Crippen LogP contribution in [0, 0.1) is 20.2 Å². The topological polar surface area (TPSA) is 128 Å². The third-order valence-corrected chi connectivity index (χ3v) is 4.54. The highest BCUT2D eigenvalue weighted by Crippen LogP contribution is 2.19. The lowest BCUT2D eigenvalue weighted by Crippen LogP contribution is -2.36. The first-order chi connectivity index (χ1) is 14.4. The molecular weight excluding hydrogens is 396 g/mol. The molecule has 1 aliphatic heterocycles. The second kappa shape index (κ2) is 9.54. The van der Waals surface area contributed by atoms with E-state index in [2.05, 4.69) is 0 Å². The maximum atomic E-state index is 12.4. The van der Waals surface area contributed by atoms with Crippen molar-refractivity contribution in [1.29, 1.82) is 0 Å². The molecule has 2 aromatic carbocycles. The number of urea groups is 1. The van der Waals surface area contributed by atoms with E-state index in [0.717, 1.165) is 0 Å². The molecule has 0 bridgehead atoms. The maximum absolute atomic E-state index is 12.4. The number of nitrogens with zero attached hydrogens (tertiary/aromatic N) is 4. The van der Waals surface area contributed by atoms with E-state index >= 15 is 0 Å². The first kappa shape index (κ1) is 20.8. The van der Waals surface area contributed by atoms with E-state index in [9.17, 15) is 25.0 Å². The van der Waals surface area contributed by atoms with Gasteiger partial charge in [-0.1, -0.05) is 0 Å². The van der Waals surface area contributed by atoms with Gasteiger partial charge in [0, 0.05) is 37.4 Å². The van der Waals surface area contributed by atoms with Crippen LogP contribution in [0.3, 0.4) is 0 Å². The Balaban J connectivity index is 1.37. The zero-order valence-corrected chi connectivity index (χ0v) is 16.0. The zero-order chi connectivity index (χ0) is 21.5. The number of carbonyl (C=O) groups is 1. The summed E-state index contributed by atoms with van der Waals surface area (Å²) in [5, 5.41) is 21.3. The number of hydrogen-bond acceptors (Lipinski definition) is 7. The molecule has 1 saturated heterocycles. The second-order valence-corrected chi connectivity index (χ2v) is 6.46. The van der Waals surface area contributed by atoms with Crippen molar-refractivity contribution < 1.29 is 24.1 Å². The molecule has 11 heteroatoms. The van der Waals surface area contributed by atoms with Crippen LogP contribution in [0.25, 0.3) is 0 Å². The van der Waals surface area contributed by atoms with E-state index in [0.29, 0.717) is 37.7 Å². The molecule has 0 unspecified atom stereocenters. The van der Waals surface area contributed by atoms with Crippen LogP contribution in [0.4, 0.5) is 16.2 Å². The molecule has 0 radical (unpaired) electrons. The SMILES string of the molecule is O=C1N(CCOc2ccc([N+](=O)[O-])cc2)CCN1CCOc1ccc([N+](=O)[O-])cc1. The summed E-state index contributed by atoms with van der Waals surface area (Å²) in [5.41, 5.74) is -0.0210. The minimum atomic E-state index is -0.480. The summed E-state index contributed by atoms with van der Waals surface area (Å²) in [6, 6.07) is 11.4. The van der Waals surface area contributed by atoms with Crippen molar-refractivity contribution in [2.75, 3.05) is 39.4 Å². The quantitative estimate of drug-likeness (QED) is 0.430. The van der Waals surface area contributed by atoms with E-state index < -0.39 is 9.85 Å². The molecule has 158 valence electrons. The van der Waals surface area contributed by atoms with Crippen molar-refractivity contribution >= 4 is 17.4 Å². The molecule has 0 aliphatic carbocycles. The standard InChI is InChI=1S/C19H20N4O7/c24-19-20(11-13-29-17-5-1-15(2-6-17)22(25)26)9-10-21(19)12-14-30-18-7-3-16(4-8-18)23(27)28/h1-8H,9-14H2. The number of nitro groups is 2. The zero-order valence-electron chi connectivity index (χ0n) is 16.0. The van der Waals surface area contributed by atoms with E-state index in [1.165, 1.54) is 48.5 Å². The van der Waals surface area contributed by atoms with Crippen LogP contribution in [0.15, 0.2) is 48.5 Å². The molecule has 1 fully saturated rings. The second-order valence-electron chi connectivity index (χ2n) is 6.46. The highest BCUT2D eigenvalue weighted by molar-refractivity contribution is 5.76. The summed E-state index contributed by atoms with van der Waals surface area (Å²) in [6.07, 6.45) is 0. The minimum absolute atomic E-state index is 0.0105. The lowest BCUT2D eigenvalue weighted by molar-refractivity contribution is -0.385. The van der Waals surface area contributed by atoms with Gasteiger partial charge in [0.2, 0.25) is 0 Å². The summed E-state index contributed by atoms with van der Waals surface area (Å²) in [6.45, 7) is 2.48. The number of benzene rings is 2. The number of ether oxygens (including phenoxy) is 2. The van der Waals surface area contributed by atoms with Gasteiger partial charge in [-0.2, -0.15) is 0 Å². The Kier molecular flexibility index (Phi) is 6.63. The van der Waals surface area contributed by atoms with Crippen molar-refractivity contribution in [1.82, 2.24) is 9.80 Å². The van der Waals surface area contributed by atoms with Crippen molar-refractivity contribution in [3.05, 3.63) is 68.8 Å². The lowest BCUT2D eigenvalue weighted by Gasteiger charge is -2.19. The van der Waals surface area contributed by atoms with E-state index in [1.807, 2.05) is 0 Å². The Morgan fingerprint density at radius 2 is 1.10 bits per heavy atom. The van der Waals surface area contributed by atoms with Crippen molar-refractivity contribution in [3.8, 4) is 11.5 Å². The Labute approximate surface area is 171 Å². The van der Waals surface area contributed by atoms with Gasteiger partial charge in [0.25, 0.3) is 11.4 Å². The van der Waals surface area contributed by atoms with Crippen LogP contribution >= 0.6 is 0 Å². The lowest BCUT2D eigenvalue weighted by atomic mass is 10.3. The van der Waals surface area contributed by atoms with Crippen molar-refractivity contribution in [2.45, 2.75) is 0 Å². The molecule has 30 heavy (non-hydrogen) atoms. The van der Waals surface area contributed by atoms with Crippen LogP contribution in [-0.2, 0) is 0 Å². The highest BCUT2D eigenvalue weighted by atomic mass is 16.6. The molecule has 0 atom stereocenters. The smallest absolute Gasteiger partial charge is 0.320 e. The Morgan fingerprint density at radius 1 is 0.733 bits per heavy atom. The molecule has 1 heterocycles. The van der Waals surface area contributed by atoms with Crippen LogP contribution in [-0.4, -0.2) is 65.1 Å². The van der Waals surface area contributed by atoms with Crippen LogP contribution in [0.2, 0.25) is 0 Å². The fourth-order valence-electron chi connectivity index (χ4n) is 2.92. The van der Waals surface area contributed by atoms with Gasteiger partial charge < -0.3 is 19.3 Å². The molecule has 1 aliphatic rings. The predicted molar refractivity (Wildman–Crippen MR) is 106 cm³/mol. The number of non-ortho nitro benzene ring substituents is 2. The summed E-state index contributed by atoms with van der Waals surface area (Å²) in [5.74, 6) is 1.00. The number of hydrogen-bond donors (Lipinski definition) is 0. The molecule has 0 aromatic heterocycles. The van der Waals surface area contributed by atoms with Crippen molar-refractivity contribution in [2.24, 2.45) is 0 Å². The maximum Gasteiger partial charge on any atom is 0.320 e. The molecule has 0 saturated carbocycles. The normalized spacial score (nSPS) is 13.4. The average molecular weight is 416 g/mol. The van der Waals surface area contributed by atoms with Crippen LogP contribution in [0.1, 0.15) is 0 Å². The van der Waals surface area contributed by atoms with E-state index in [4.69, 9.17) is 9.47 Å². The number of rotatable bonds is 10. The van der Waals surface area contributed by atoms with Crippen LogP contribution in [0.5, 0.6) is 11.5 Å². The Bertz CT molecular complexity index is 829. The van der Waals surface area contributed by atoms with Gasteiger partial charge in [0.1, 0.15) is 24.7 Å². The highest BCUT2D eigenvalue weighted by Gasteiger charge is 2.27. The number of amides is 2. The molecule has 11 nitrogen and oxygen atoms in total. The summed E-state index contributed by atoms with van der Waals surface area (Å²) < 4.78 is 11.1. The van der Waals surface area contributed by atoms with E-state index in [1.54, 1.807) is 9.80 Å². The predicted octanol–water partition coefficient (Wildman–Crippen LogP) is 2.70. The fourth-order valence-corrected chi connectivity index (χ4v) is 2.92. The molecule has 0 spiro atoms. The molecule has 3 rings (SSSR count). The summed E-state index contributed by atoms with van der Waals surface area (Å²) in [4.78, 5) is 36.1. The minimum Gasteiger partial charge on any atom is -0.492 e. The Morgan fingerprint density at radius 3 is 1.43 bits per heavy atom. The number of nitro benzene ring substituents is 2. The first-order valence-corrected chi connectivity index (χ1v) is 9.22. The van der Waals surface area contributed by atoms with Gasteiger partial charge in [-0.3, -0.25) is 20.2 Å². The summed E-state index contributed by atoms with van der Waals surface area (Å²) in [7, 11) is 0. The monoisotopic (exact) mass is 416 g/mol. The molecule has 0 N–H and O–H groups in total. The molecule has 2 amide bonds. The van der Waals surface area contributed by atoms with Gasteiger partial charge >= 0.3 is 6.03 Å². The van der Waals surface area contributed by atoms with Gasteiger partial charge in [0.05, 0.1) is 22.9 Å². The third-order valence-electron chi connectivity index (χ3n) is 4.54. The van der Waals surface area contributed by atoms with Gasteiger partial charge in [0.15, 0.2) is 0 Å². The van der Waals surface area contributed by atoms with Crippen LogP contribution < -0.4 is 9.47 Å².